The fourth-order valence-electron chi connectivity index (χ4n) is 2.97. The number of carboxylic acid groups (broad SMARTS) is 1. The molecule has 0 aliphatic carbocycles. The van der Waals surface area contributed by atoms with E-state index in [0.717, 1.165) is 25.9 Å². The molecule has 0 bridgehead atoms. The molecule has 1 aliphatic heterocycles. The van der Waals surface area contributed by atoms with Crippen LogP contribution in [0.1, 0.15) is 34.7 Å². The first kappa shape index (κ1) is 16.5. The number of hydrogen-bond donors (Lipinski definition) is 1. The normalized spacial score (nSPS) is 15.2. The maximum absolute atomic E-state index is 12.6. The first-order valence-electron chi connectivity index (χ1n) is 7.89. The van der Waals surface area contributed by atoms with Gasteiger partial charge in [-0.3, -0.25) is 4.79 Å². The molecule has 1 amide bonds. The lowest BCUT2D eigenvalue weighted by atomic mass is 9.91. The van der Waals surface area contributed by atoms with Gasteiger partial charge in [0.05, 0.1) is 0 Å². The molecule has 3 rings (SSSR count). The zero-order chi connectivity index (χ0) is 16.9. The molecule has 0 atom stereocenters. The van der Waals surface area contributed by atoms with Crippen molar-refractivity contribution in [2.45, 2.75) is 18.8 Å². The number of rotatable bonds is 5. The molecule has 0 saturated carbocycles. The molecule has 1 saturated heterocycles. The number of nitrogens with zero attached hydrogens (tertiary/aromatic N) is 1. The standard InChI is InChI=1S/C18H19NO4S/c20-17(21)11-23-16-3-1-2-14(10-16)18(22)19-7-4-13(5-8-19)15-6-9-24-12-15/h1-3,6,9-10,12-13H,4-5,7-8,11H2,(H,20,21). The average molecular weight is 345 g/mol. The Balaban J connectivity index is 1.61. The Bertz CT molecular complexity index is 706. The Morgan fingerprint density at radius 1 is 1.25 bits per heavy atom. The van der Waals surface area contributed by atoms with E-state index in [0.29, 0.717) is 17.2 Å². The number of carboxylic acids is 1. The number of amides is 1. The summed E-state index contributed by atoms with van der Waals surface area (Å²) in [6.07, 6.45) is 1.94. The van der Waals surface area contributed by atoms with Crippen LogP contribution >= 0.6 is 11.3 Å². The molecule has 5 nitrogen and oxygen atoms in total. The second kappa shape index (κ2) is 7.49. The molecule has 1 aliphatic rings. The number of thiophene rings is 1. The number of aliphatic carboxylic acids is 1. The lowest BCUT2D eigenvalue weighted by Gasteiger charge is -2.32. The Hall–Kier alpha value is -2.34. The van der Waals surface area contributed by atoms with Crippen molar-refractivity contribution < 1.29 is 19.4 Å². The van der Waals surface area contributed by atoms with Gasteiger partial charge < -0.3 is 14.7 Å². The van der Waals surface area contributed by atoms with Gasteiger partial charge in [-0.2, -0.15) is 11.3 Å². The molecule has 1 fully saturated rings. The van der Waals surface area contributed by atoms with E-state index in [1.165, 1.54) is 5.56 Å². The van der Waals surface area contributed by atoms with E-state index in [2.05, 4.69) is 16.8 Å². The van der Waals surface area contributed by atoms with Gasteiger partial charge in [-0.25, -0.2) is 4.79 Å². The Morgan fingerprint density at radius 3 is 2.71 bits per heavy atom. The molecule has 24 heavy (non-hydrogen) atoms. The zero-order valence-electron chi connectivity index (χ0n) is 13.2. The predicted octanol–water partition coefficient (Wildman–Crippen LogP) is 3.23. The molecular weight excluding hydrogens is 326 g/mol. The summed E-state index contributed by atoms with van der Waals surface area (Å²) in [6, 6.07) is 8.87. The fraction of sp³-hybridized carbons (Fsp3) is 0.333. The van der Waals surface area contributed by atoms with Crippen LogP contribution in [0.25, 0.3) is 0 Å². The minimum absolute atomic E-state index is 0.0282. The Labute approximate surface area is 144 Å². The van der Waals surface area contributed by atoms with Crippen LogP contribution < -0.4 is 4.74 Å². The second-order valence-corrected chi connectivity index (χ2v) is 6.61. The van der Waals surface area contributed by atoms with Gasteiger partial charge in [-0.15, -0.1) is 0 Å². The minimum Gasteiger partial charge on any atom is -0.482 e. The van der Waals surface area contributed by atoms with Crippen molar-refractivity contribution in [3.05, 3.63) is 52.2 Å². The topological polar surface area (TPSA) is 66.8 Å². The molecule has 1 aromatic carbocycles. The quantitative estimate of drug-likeness (QED) is 0.903. The number of hydrogen-bond acceptors (Lipinski definition) is 4. The summed E-state index contributed by atoms with van der Waals surface area (Å²) >= 11 is 1.71. The van der Waals surface area contributed by atoms with Crippen LogP contribution in [0.5, 0.6) is 5.75 Å². The first-order valence-corrected chi connectivity index (χ1v) is 8.84. The van der Waals surface area contributed by atoms with Crippen molar-refractivity contribution in [2.75, 3.05) is 19.7 Å². The maximum atomic E-state index is 12.6. The van der Waals surface area contributed by atoms with Crippen molar-refractivity contribution in [1.29, 1.82) is 0 Å². The molecule has 0 unspecified atom stereocenters. The maximum Gasteiger partial charge on any atom is 0.341 e. The SMILES string of the molecule is O=C(O)COc1cccc(C(=O)N2CCC(c3ccsc3)CC2)c1. The third-order valence-electron chi connectivity index (χ3n) is 4.24. The van der Waals surface area contributed by atoms with Gasteiger partial charge in [-0.05, 0) is 59.3 Å². The van der Waals surface area contributed by atoms with Crippen molar-refractivity contribution >= 4 is 23.2 Å². The highest BCUT2D eigenvalue weighted by Crippen LogP contribution is 2.30. The lowest BCUT2D eigenvalue weighted by molar-refractivity contribution is -0.139. The predicted molar refractivity (Wildman–Crippen MR) is 91.8 cm³/mol. The van der Waals surface area contributed by atoms with Crippen molar-refractivity contribution in [2.24, 2.45) is 0 Å². The zero-order valence-corrected chi connectivity index (χ0v) is 14.0. The largest absolute Gasteiger partial charge is 0.482 e. The fourth-order valence-corrected chi connectivity index (χ4v) is 3.71. The van der Waals surface area contributed by atoms with Gasteiger partial charge in [0, 0.05) is 18.7 Å². The minimum atomic E-state index is -1.04. The third kappa shape index (κ3) is 3.94. The molecule has 2 aromatic rings. The van der Waals surface area contributed by atoms with Gasteiger partial charge in [0.25, 0.3) is 5.91 Å². The summed E-state index contributed by atoms with van der Waals surface area (Å²) in [4.78, 5) is 25.1. The smallest absolute Gasteiger partial charge is 0.341 e. The Kier molecular flexibility index (Phi) is 5.15. The van der Waals surface area contributed by atoms with Gasteiger partial charge in [-0.1, -0.05) is 6.07 Å². The van der Waals surface area contributed by atoms with Crippen LogP contribution in [0, 0.1) is 0 Å². The van der Waals surface area contributed by atoms with E-state index in [4.69, 9.17) is 9.84 Å². The van der Waals surface area contributed by atoms with E-state index in [1.54, 1.807) is 35.6 Å². The van der Waals surface area contributed by atoms with E-state index in [1.807, 2.05) is 4.90 Å². The van der Waals surface area contributed by atoms with Crippen LogP contribution in [0.4, 0.5) is 0 Å². The second-order valence-electron chi connectivity index (χ2n) is 5.83. The number of carbonyl (C=O) groups is 2. The molecule has 0 spiro atoms. The third-order valence-corrected chi connectivity index (χ3v) is 4.94. The Morgan fingerprint density at radius 2 is 2.04 bits per heavy atom. The molecule has 6 heteroatoms. The average Bonchev–Trinajstić information content (AvgIpc) is 3.14. The van der Waals surface area contributed by atoms with Gasteiger partial charge >= 0.3 is 5.97 Å². The monoisotopic (exact) mass is 345 g/mol. The van der Waals surface area contributed by atoms with Crippen LogP contribution in [-0.4, -0.2) is 41.6 Å². The van der Waals surface area contributed by atoms with Crippen LogP contribution in [-0.2, 0) is 4.79 Å². The van der Waals surface area contributed by atoms with Crippen LogP contribution in [0.15, 0.2) is 41.1 Å². The lowest BCUT2D eigenvalue weighted by Crippen LogP contribution is -2.37. The number of ether oxygens (including phenoxy) is 1. The van der Waals surface area contributed by atoms with Crippen molar-refractivity contribution in [3.63, 3.8) is 0 Å². The first-order chi connectivity index (χ1) is 11.6. The number of likely N-dealkylation sites (tertiary alicyclic amines) is 1. The molecule has 2 heterocycles. The number of carbonyl (C=O) groups excluding carboxylic acids is 1. The van der Waals surface area contributed by atoms with E-state index in [9.17, 15) is 9.59 Å². The molecule has 0 radical (unpaired) electrons. The van der Waals surface area contributed by atoms with E-state index < -0.39 is 12.6 Å². The summed E-state index contributed by atoms with van der Waals surface area (Å²) < 4.78 is 5.14. The highest BCUT2D eigenvalue weighted by molar-refractivity contribution is 7.07. The van der Waals surface area contributed by atoms with E-state index in [-0.39, 0.29) is 5.91 Å². The van der Waals surface area contributed by atoms with Crippen LogP contribution in [0.3, 0.4) is 0 Å². The highest BCUT2D eigenvalue weighted by Gasteiger charge is 2.24. The van der Waals surface area contributed by atoms with Crippen molar-refractivity contribution in [3.8, 4) is 5.75 Å². The van der Waals surface area contributed by atoms with Gasteiger partial charge in [0.15, 0.2) is 6.61 Å². The van der Waals surface area contributed by atoms with Gasteiger partial charge in [0.2, 0.25) is 0 Å². The van der Waals surface area contributed by atoms with E-state index >= 15 is 0 Å². The van der Waals surface area contributed by atoms with Crippen molar-refractivity contribution in [1.82, 2.24) is 4.90 Å². The van der Waals surface area contributed by atoms with Crippen LogP contribution in [0.2, 0.25) is 0 Å². The summed E-state index contributed by atoms with van der Waals surface area (Å²) in [5.41, 5.74) is 1.91. The number of benzene rings is 1. The molecular formula is C18H19NO4S. The molecule has 1 N–H and O–H groups in total. The number of piperidine rings is 1. The molecule has 1 aromatic heterocycles. The highest BCUT2D eigenvalue weighted by atomic mass is 32.1. The summed E-state index contributed by atoms with van der Waals surface area (Å²) in [7, 11) is 0. The summed E-state index contributed by atoms with van der Waals surface area (Å²) in [6.45, 7) is 1.06. The summed E-state index contributed by atoms with van der Waals surface area (Å²) in [5.74, 6) is -0.135. The molecule has 126 valence electrons. The van der Waals surface area contributed by atoms with Gasteiger partial charge in [0.1, 0.15) is 5.75 Å². The summed E-state index contributed by atoms with van der Waals surface area (Å²) in [5, 5.41) is 12.9.